The predicted octanol–water partition coefficient (Wildman–Crippen LogP) is 3.58. The Morgan fingerprint density at radius 2 is 1.84 bits per heavy atom. The van der Waals surface area contributed by atoms with Crippen LogP contribution in [0.2, 0.25) is 0 Å². The molecule has 3 heterocycles. The van der Waals surface area contributed by atoms with Crippen molar-refractivity contribution in [1.82, 2.24) is 9.88 Å². The molecule has 0 radical (unpaired) electrons. The van der Waals surface area contributed by atoms with Crippen LogP contribution in [0.3, 0.4) is 0 Å². The van der Waals surface area contributed by atoms with Gasteiger partial charge in [-0.2, -0.15) is 0 Å². The van der Waals surface area contributed by atoms with Crippen LogP contribution < -0.4 is 5.32 Å². The molecule has 1 aromatic carbocycles. The van der Waals surface area contributed by atoms with E-state index < -0.39 is 0 Å². The number of carbonyl (C=O) groups is 1. The minimum atomic E-state index is -0.272. The smallest absolute Gasteiger partial charge is 0.322 e. The van der Waals surface area contributed by atoms with Gasteiger partial charge in [0.15, 0.2) is 0 Å². The molecule has 25 heavy (non-hydrogen) atoms. The molecular weight excluding hydrogens is 314 g/mol. The molecule has 5 heteroatoms. The van der Waals surface area contributed by atoms with E-state index in [9.17, 15) is 9.90 Å². The minimum Gasteiger partial charge on any atom is -0.393 e. The van der Waals surface area contributed by atoms with Crippen molar-refractivity contribution in [2.75, 3.05) is 5.32 Å². The van der Waals surface area contributed by atoms with Gasteiger partial charge in [-0.1, -0.05) is 30.3 Å². The number of aryl methyl sites for hydroxylation is 1. The van der Waals surface area contributed by atoms with E-state index in [1.807, 2.05) is 54.4 Å². The zero-order valence-electron chi connectivity index (χ0n) is 14.4. The number of benzene rings is 1. The van der Waals surface area contributed by atoms with Gasteiger partial charge in [0, 0.05) is 23.8 Å². The van der Waals surface area contributed by atoms with Crippen molar-refractivity contribution in [3.05, 3.63) is 48.3 Å². The fourth-order valence-corrected chi connectivity index (χ4v) is 4.11. The molecule has 2 amide bonds. The van der Waals surface area contributed by atoms with Crippen LogP contribution in [-0.2, 0) is 0 Å². The first-order valence-corrected chi connectivity index (χ1v) is 8.91. The summed E-state index contributed by atoms with van der Waals surface area (Å²) in [5, 5.41) is 13.0. The van der Waals surface area contributed by atoms with Crippen LogP contribution in [0.15, 0.2) is 42.6 Å². The molecule has 5 nitrogen and oxygen atoms in total. The third-order valence-electron chi connectivity index (χ3n) is 5.38. The number of rotatable bonds is 2. The lowest BCUT2D eigenvalue weighted by molar-refractivity contribution is 0.0580. The van der Waals surface area contributed by atoms with Crippen LogP contribution in [-0.4, -0.2) is 39.2 Å². The topological polar surface area (TPSA) is 65.5 Å². The molecule has 0 saturated carbocycles. The monoisotopic (exact) mass is 337 g/mol. The number of anilines is 1. The number of hydrogen-bond acceptors (Lipinski definition) is 3. The number of aliphatic hydroxyl groups is 1. The van der Waals surface area contributed by atoms with Crippen molar-refractivity contribution < 1.29 is 9.90 Å². The number of amides is 2. The number of carbonyl (C=O) groups excluding carboxylic acids is 1. The van der Waals surface area contributed by atoms with Crippen molar-refractivity contribution in [1.29, 1.82) is 0 Å². The van der Waals surface area contributed by atoms with Gasteiger partial charge in [0.05, 0.1) is 17.5 Å². The molecule has 0 aliphatic carbocycles. The Bertz CT molecular complexity index is 764. The summed E-state index contributed by atoms with van der Waals surface area (Å²) >= 11 is 0. The van der Waals surface area contributed by atoms with Gasteiger partial charge >= 0.3 is 6.03 Å². The fraction of sp³-hybridized carbons (Fsp3) is 0.400. The highest BCUT2D eigenvalue weighted by Gasteiger charge is 2.42. The highest BCUT2D eigenvalue weighted by Crippen LogP contribution is 2.36. The number of urea groups is 1. The number of aromatic nitrogens is 1. The van der Waals surface area contributed by atoms with Gasteiger partial charge in [-0.15, -0.1) is 0 Å². The normalized spacial score (nSPS) is 25.0. The number of fused-ring (bicyclic) bond motifs is 2. The number of piperidine rings is 1. The summed E-state index contributed by atoms with van der Waals surface area (Å²) in [7, 11) is 0. The van der Waals surface area contributed by atoms with E-state index in [1.54, 1.807) is 0 Å². The van der Waals surface area contributed by atoms with Crippen LogP contribution in [0.5, 0.6) is 0 Å². The van der Waals surface area contributed by atoms with Crippen LogP contribution >= 0.6 is 0 Å². The molecule has 1 aromatic heterocycles. The highest BCUT2D eigenvalue weighted by molar-refractivity contribution is 5.91. The maximum Gasteiger partial charge on any atom is 0.322 e. The predicted molar refractivity (Wildman–Crippen MR) is 97.3 cm³/mol. The molecule has 2 bridgehead atoms. The van der Waals surface area contributed by atoms with Gasteiger partial charge in [0.2, 0.25) is 0 Å². The number of nitrogens with one attached hydrogen (secondary N) is 1. The lowest BCUT2D eigenvalue weighted by atomic mass is 10.0. The molecule has 2 N–H and O–H groups in total. The Labute approximate surface area is 147 Å². The Morgan fingerprint density at radius 3 is 2.52 bits per heavy atom. The van der Waals surface area contributed by atoms with E-state index in [0.717, 1.165) is 35.3 Å². The number of pyridine rings is 1. The second-order valence-corrected chi connectivity index (χ2v) is 7.07. The lowest BCUT2D eigenvalue weighted by Gasteiger charge is -2.37. The van der Waals surface area contributed by atoms with E-state index in [-0.39, 0.29) is 24.2 Å². The molecule has 2 atom stereocenters. The van der Waals surface area contributed by atoms with Crippen LogP contribution in [0.25, 0.3) is 11.1 Å². The molecule has 2 aliphatic heterocycles. The third kappa shape index (κ3) is 3.12. The first-order valence-electron chi connectivity index (χ1n) is 8.91. The van der Waals surface area contributed by atoms with E-state index >= 15 is 0 Å². The van der Waals surface area contributed by atoms with Gasteiger partial charge in [0.1, 0.15) is 0 Å². The van der Waals surface area contributed by atoms with Crippen molar-refractivity contribution in [2.24, 2.45) is 0 Å². The SMILES string of the molecule is Cc1ncc(-c2ccccc2)cc1NC(=O)N1C2CCC1CC(O)C2. The van der Waals surface area contributed by atoms with E-state index in [2.05, 4.69) is 10.3 Å². The second kappa shape index (κ2) is 6.48. The largest absolute Gasteiger partial charge is 0.393 e. The average molecular weight is 337 g/mol. The van der Waals surface area contributed by atoms with Gasteiger partial charge in [-0.25, -0.2) is 4.79 Å². The van der Waals surface area contributed by atoms with Gasteiger partial charge in [-0.05, 0) is 44.2 Å². The van der Waals surface area contributed by atoms with Crippen molar-refractivity contribution in [3.63, 3.8) is 0 Å². The van der Waals surface area contributed by atoms with Crippen molar-refractivity contribution >= 4 is 11.7 Å². The van der Waals surface area contributed by atoms with Crippen molar-refractivity contribution in [2.45, 2.75) is 50.8 Å². The van der Waals surface area contributed by atoms with E-state index in [4.69, 9.17) is 0 Å². The van der Waals surface area contributed by atoms with Crippen LogP contribution in [0, 0.1) is 6.92 Å². The first-order chi connectivity index (χ1) is 12.1. The maximum absolute atomic E-state index is 12.8. The Kier molecular flexibility index (Phi) is 4.17. The summed E-state index contributed by atoms with van der Waals surface area (Å²) in [5.41, 5.74) is 3.61. The standard InChI is InChI=1S/C20H23N3O2/c1-13-19(9-15(12-21-13)14-5-3-2-4-6-14)22-20(25)23-16-7-8-17(23)11-18(24)10-16/h2-6,9,12,16-18,24H,7-8,10-11H2,1H3,(H,22,25). The first kappa shape index (κ1) is 16.1. The summed E-state index contributed by atoms with van der Waals surface area (Å²) in [4.78, 5) is 19.2. The van der Waals surface area contributed by atoms with Gasteiger partial charge < -0.3 is 15.3 Å². The van der Waals surface area contributed by atoms with Crippen LogP contribution in [0.1, 0.15) is 31.4 Å². The number of hydrogen-bond donors (Lipinski definition) is 2. The Hall–Kier alpha value is -2.40. The highest BCUT2D eigenvalue weighted by atomic mass is 16.3. The zero-order valence-corrected chi connectivity index (χ0v) is 14.4. The lowest BCUT2D eigenvalue weighted by Crippen LogP contribution is -2.49. The van der Waals surface area contributed by atoms with Crippen LogP contribution in [0.4, 0.5) is 10.5 Å². The summed E-state index contributed by atoms with van der Waals surface area (Å²) in [6.07, 6.45) is 4.90. The summed E-state index contributed by atoms with van der Waals surface area (Å²) in [5.74, 6) is 0. The Balaban J connectivity index is 1.56. The summed E-state index contributed by atoms with van der Waals surface area (Å²) < 4.78 is 0. The van der Waals surface area contributed by atoms with Crippen molar-refractivity contribution in [3.8, 4) is 11.1 Å². The minimum absolute atomic E-state index is 0.0745. The third-order valence-corrected chi connectivity index (χ3v) is 5.38. The Morgan fingerprint density at radius 1 is 1.16 bits per heavy atom. The zero-order chi connectivity index (χ0) is 17.4. The second-order valence-electron chi connectivity index (χ2n) is 7.07. The molecule has 2 aromatic rings. The molecule has 130 valence electrons. The van der Waals surface area contributed by atoms with Gasteiger partial charge in [0.25, 0.3) is 0 Å². The fourth-order valence-electron chi connectivity index (χ4n) is 4.11. The number of aliphatic hydroxyl groups excluding tert-OH is 1. The molecule has 0 spiro atoms. The molecule has 2 saturated heterocycles. The summed E-state index contributed by atoms with van der Waals surface area (Å²) in [6.45, 7) is 1.90. The van der Waals surface area contributed by atoms with E-state index in [0.29, 0.717) is 12.8 Å². The molecule has 4 rings (SSSR count). The molecule has 2 aliphatic rings. The molecule has 2 fully saturated rings. The maximum atomic E-state index is 12.8. The summed E-state index contributed by atoms with van der Waals surface area (Å²) in [6, 6.07) is 12.2. The molecular formula is C20H23N3O2. The molecule has 2 unspecified atom stereocenters. The van der Waals surface area contributed by atoms with Gasteiger partial charge in [-0.3, -0.25) is 4.98 Å². The quantitative estimate of drug-likeness (QED) is 0.880. The van der Waals surface area contributed by atoms with E-state index in [1.165, 1.54) is 0 Å². The average Bonchev–Trinajstić information content (AvgIpc) is 2.89. The number of nitrogens with zero attached hydrogens (tertiary/aromatic N) is 2.